The van der Waals surface area contributed by atoms with Gasteiger partial charge in [0.15, 0.2) is 0 Å². The van der Waals surface area contributed by atoms with Crippen LogP contribution in [0.25, 0.3) is 0 Å². The molecule has 1 aliphatic heterocycles. The summed E-state index contributed by atoms with van der Waals surface area (Å²) in [5, 5.41) is 13.9. The molecule has 0 N–H and O–H groups in total. The molecule has 4 atom stereocenters. The summed E-state index contributed by atoms with van der Waals surface area (Å²) in [6.45, 7) is -0.131. The Hall–Kier alpha value is -2.30. The maximum Gasteiger partial charge on any atom is 0.282 e. The highest BCUT2D eigenvalue weighted by Gasteiger charge is 2.54. The number of hydrogen-bond acceptors (Lipinski definition) is 5. The fourth-order valence-corrected chi connectivity index (χ4v) is 5.63. The molecule has 2 aromatic carbocycles. The lowest BCUT2D eigenvalue weighted by atomic mass is 9.81. The molecule has 2 aromatic rings. The Balaban J connectivity index is 1.76. The van der Waals surface area contributed by atoms with Gasteiger partial charge in [0.1, 0.15) is 5.56 Å². The molecule has 11 heteroatoms. The van der Waals surface area contributed by atoms with Gasteiger partial charge in [0.2, 0.25) is 0 Å². The summed E-state index contributed by atoms with van der Waals surface area (Å²) in [4.78, 5) is 51.2. The van der Waals surface area contributed by atoms with Crippen molar-refractivity contribution in [2.45, 2.75) is 29.0 Å². The van der Waals surface area contributed by atoms with Gasteiger partial charge in [-0.25, -0.2) is 5.01 Å². The lowest BCUT2D eigenvalue weighted by Crippen LogP contribution is -2.50. The number of para-hydroxylation sites is 1. The van der Waals surface area contributed by atoms with Crippen LogP contribution >= 0.6 is 43.5 Å². The molecule has 33 heavy (non-hydrogen) atoms. The maximum atomic E-state index is 13.6. The molecule has 172 valence electrons. The van der Waals surface area contributed by atoms with Gasteiger partial charge < -0.3 is 0 Å². The van der Waals surface area contributed by atoms with Crippen LogP contribution < -0.4 is 0 Å². The SMILES string of the molecule is O=C(c1ccccc1[N+](=O)[O-])N(Cc1ccc(Cl)cc1)N1C(=O)[C@@H]2C[C@H](Br)[C@@H](Br)C[C@H]2C1=O. The summed E-state index contributed by atoms with van der Waals surface area (Å²) in [5.74, 6) is -2.89. The van der Waals surface area contributed by atoms with Crippen LogP contribution in [0, 0.1) is 22.0 Å². The Morgan fingerprint density at radius 2 is 1.58 bits per heavy atom. The molecule has 3 amide bonds. The summed E-state index contributed by atoms with van der Waals surface area (Å²) in [5.41, 5.74) is 0.00313. The van der Waals surface area contributed by atoms with E-state index in [1.165, 1.54) is 24.3 Å². The quantitative estimate of drug-likeness (QED) is 0.214. The predicted octanol–water partition coefficient (Wildman–Crippen LogP) is 4.73. The van der Waals surface area contributed by atoms with E-state index in [-0.39, 0.29) is 21.8 Å². The number of imide groups is 1. The first-order valence-electron chi connectivity index (χ1n) is 10.1. The molecule has 1 aliphatic carbocycles. The molecule has 8 nitrogen and oxygen atoms in total. The first-order chi connectivity index (χ1) is 15.7. The van der Waals surface area contributed by atoms with Crippen LogP contribution in [0.3, 0.4) is 0 Å². The van der Waals surface area contributed by atoms with E-state index in [1.54, 1.807) is 24.3 Å². The van der Waals surface area contributed by atoms with E-state index < -0.39 is 40.2 Å². The number of nitrogens with zero attached hydrogens (tertiary/aromatic N) is 3. The number of amides is 3. The van der Waals surface area contributed by atoms with Crippen molar-refractivity contribution in [3.05, 3.63) is 74.8 Å². The smallest absolute Gasteiger partial charge is 0.272 e. The zero-order chi connectivity index (χ0) is 23.9. The van der Waals surface area contributed by atoms with Gasteiger partial charge in [-0.05, 0) is 36.6 Å². The standard InChI is InChI=1S/C22H18Br2ClN3O5/c23-17-9-15-16(10-18(17)24)22(31)27(21(15)30)26(11-12-5-7-13(25)8-6-12)20(29)14-3-1-2-4-19(14)28(32)33/h1-8,15-18H,9-11H2/t15-,16-,17+,18+/m1/s1. The number of hydrogen-bond donors (Lipinski definition) is 0. The Morgan fingerprint density at radius 3 is 2.12 bits per heavy atom. The number of rotatable bonds is 5. The first-order valence-corrected chi connectivity index (χ1v) is 12.4. The molecular weight excluding hydrogens is 582 g/mol. The first kappa shape index (κ1) is 23.8. The van der Waals surface area contributed by atoms with Crippen LogP contribution in [0.1, 0.15) is 28.8 Å². The third-order valence-corrected chi connectivity index (χ3v) is 8.93. The Morgan fingerprint density at radius 1 is 1.03 bits per heavy atom. The van der Waals surface area contributed by atoms with Gasteiger partial charge in [0.05, 0.1) is 23.3 Å². The van der Waals surface area contributed by atoms with Gasteiger partial charge in [-0.2, -0.15) is 5.01 Å². The van der Waals surface area contributed by atoms with Crippen LogP contribution in [0.4, 0.5) is 5.69 Å². The average molecular weight is 600 g/mol. The van der Waals surface area contributed by atoms with Crippen LogP contribution in [-0.2, 0) is 16.1 Å². The number of alkyl halides is 2. The molecule has 0 radical (unpaired) electrons. The van der Waals surface area contributed by atoms with Crippen LogP contribution in [0.15, 0.2) is 48.5 Å². The van der Waals surface area contributed by atoms with Gasteiger partial charge >= 0.3 is 0 Å². The van der Waals surface area contributed by atoms with Crippen molar-refractivity contribution >= 4 is 66.9 Å². The van der Waals surface area contributed by atoms with E-state index in [1.807, 2.05) is 0 Å². The Kier molecular flexibility index (Phi) is 6.88. The normalized spacial score (nSPS) is 24.5. The highest BCUT2D eigenvalue weighted by molar-refractivity contribution is 9.12. The van der Waals surface area contributed by atoms with E-state index in [9.17, 15) is 24.5 Å². The fourth-order valence-electron chi connectivity index (χ4n) is 4.26. The van der Waals surface area contributed by atoms with Crippen molar-refractivity contribution in [2.75, 3.05) is 0 Å². The van der Waals surface area contributed by atoms with Crippen LogP contribution in [0.2, 0.25) is 5.02 Å². The van der Waals surface area contributed by atoms with Gasteiger partial charge in [0.25, 0.3) is 23.4 Å². The second-order valence-electron chi connectivity index (χ2n) is 7.97. The summed E-state index contributed by atoms with van der Waals surface area (Å²) < 4.78 is 0. The monoisotopic (exact) mass is 597 g/mol. The minimum absolute atomic E-state index is 0.00563. The van der Waals surface area contributed by atoms with Crippen molar-refractivity contribution in [1.29, 1.82) is 0 Å². The lowest BCUT2D eigenvalue weighted by Gasteiger charge is -2.30. The Bertz CT molecular complexity index is 1100. The number of carbonyl (C=O) groups is 3. The number of nitro groups is 1. The lowest BCUT2D eigenvalue weighted by molar-refractivity contribution is -0.385. The van der Waals surface area contributed by atoms with Gasteiger partial charge in [-0.1, -0.05) is 67.7 Å². The number of hydrazine groups is 1. The molecule has 0 unspecified atom stereocenters. The number of fused-ring (bicyclic) bond motifs is 1. The fraction of sp³-hybridized carbons (Fsp3) is 0.318. The van der Waals surface area contributed by atoms with Crippen molar-refractivity contribution in [2.24, 2.45) is 11.8 Å². The number of carbonyl (C=O) groups excluding carboxylic acids is 3. The van der Waals surface area contributed by atoms with Crippen molar-refractivity contribution < 1.29 is 19.3 Å². The van der Waals surface area contributed by atoms with Crippen molar-refractivity contribution in [1.82, 2.24) is 10.0 Å². The highest BCUT2D eigenvalue weighted by atomic mass is 79.9. The minimum Gasteiger partial charge on any atom is -0.272 e. The van der Waals surface area contributed by atoms with Crippen molar-refractivity contribution in [3.63, 3.8) is 0 Å². The summed E-state index contributed by atoms with van der Waals surface area (Å²) in [6.07, 6.45) is 0.881. The number of halogens is 3. The Labute approximate surface area is 211 Å². The predicted molar refractivity (Wildman–Crippen MR) is 128 cm³/mol. The van der Waals surface area contributed by atoms with E-state index in [4.69, 9.17) is 11.6 Å². The molecule has 1 saturated carbocycles. The molecule has 4 rings (SSSR count). The van der Waals surface area contributed by atoms with E-state index in [0.29, 0.717) is 23.4 Å². The molecule has 1 saturated heterocycles. The second kappa shape index (κ2) is 9.52. The van der Waals surface area contributed by atoms with E-state index >= 15 is 0 Å². The third-order valence-electron chi connectivity index (χ3n) is 5.94. The van der Waals surface area contributed by atoms with Crippen molar-refractivity contribution in [3.8, 4) is 0 Å². The molecule has 1 heterocycles. The zero-order valence-electron chi connectivity index (χ0n) is 17.1. The largest absolute Gasteiger partial charge is 0.282 e. The van der Waals surface area contributed by atoms with E-state index in [0.717, 1.165) is 10.0 Å². The summed E-state index contributed by atoms with van der Waals surface area (Å²) in [6, 6.07) is 12.1. The van der Waals surface area contributed by atoms with Crippen LogP contribution in [0.5, 0.6) is 0 Å². The van der Waals surface area contributed by atoms with E-state index in [2.05, 4.69) is 31.9 Å². The molecule has 0 bridgehead atoms. The van der Waals surface area contributed by atoms with Crippen LogP contribution in [-0.4, -0.2) is 42.3 Å². The van der Waals surface area contributed by atoms with Gasteiger partial charge in [0, 0.05) is 20.7 Å². The number of benzene rings is 2. The molecular formula is C22H18Br2ClN3O5. The summed E-state index contributed by atoms with van der Waals surface area (Å²) in [7, 11) is 0. The molecule has 2 aliphatic rings. The highest BCUT2D eigenvalue weighted by Crippen LogP contribution is 2.44. The zero-order valence-corrected chi connectivity index (χ0v) is 21.0. The second-order valence-corrected chi connectivity index (χ2v) is 10.8. The average Bonchev–Trinajstić information content (AvgIpc) is 3.02. The maximum absolute atomic E-state index is 13.6. The van der Waals surface area contributed by atoms with Gasteiger partial charge in [-0.3, -0.25) is 24.5 Å². The number of nitro benzene ring substituents is 1. The third kappa shape index (κ3) is 4.56. The summed E-state index contributed by atoms with van der Waals surface area (Å²) >= 11 is 13.1. The topological polar surface area (TPSA) is 101 Å². The molecule has 0 spiro atoms. The molecule has 0 aromatic heterocycles. The van der Waals surface area contributed by atoms with Gasteiger partial charge in [-0.15, -0.1) is 0 Å². The minimum atomic E-state index is -0.802. The molecule has 2 fully saturated rings.